The van der Waals surface area contributed by atoms with E-state index in [0.29, 0.717) is 19.4 Å². The van der Waals surface area contributed by atoms with Gasteiger partial charge in [-0.15, -0.1) is 0 Å². The summed E-state index contributed by atoms with van der Waals surface area (Å²) in [5, 5.41) is 8.54. The minimum atomic E-state index is -4.47. The van der Waals surface area contributed by atoms with E-state index in [9.17, 15) is 18.0 Å². The third-order valence-electron chi connectivity index (χ3n) is 3.00. The second-order valence-electron chi connectivity index (χ2n) is 4.24. The molecule has 0 radical (unpaired) electrons. The largest absolute Gasteiger partial charge is 0.481 e. The van der Waals surface area contributed by atoms with Gasteiger partial charge < -0.3 is 5.11 Å². The van der Waals surface area contributed by atoms with Gasteiger partial charge in [0.15, 0.2) is 0 Å². The Balaban J connectivity index is 2.78. The van der Waals surface area contributed by atoms with Crippen LogP contribution in [0.2, 0.25) is 0 Å². The molecule has 1 fully saturated rings. The molecule has 1 N–H and O–H groups in total. The summed E-state index contributed by atoms with van der Waals surface area (Å²) < 4.78 is 38.2. The zero-order valence-electron chi connectivity index (χ0n) is 9.13. The van der Waals surface area contributed by atoms with Gasteiger partial charge in [-0.3, -0.25) is 9.69 Å². The van der Waals surface area contributed by atoms with Crippen LogP contribution in [0.15, 0.2) is 0 Å². The van der Waals surface area contributed by atoms with Crippen molar-refractivity contribution in [2.24, 2.45) is 0 Å². The van der Waals surface area contributed by atoms with Crippen molar-refractivity contribution in [3.63, 3.8) is 0 Å². The lowest BCUT2D eigenvalue weighted by Crippen LogP contribution is -2.52. The van der Waals surface area contributed by atoms with E-state index in [0.717, 1.165) is 6.42 Å². The summed E-state index contributed by atoms with van der Waals surface area (Å²) in [6.07, 6.45) is -3.02. The van der Waals surface area contributed by atoms with Crippen LogP contribution in [0.3, 0.4) is 0 Å². The highest BCUT2D eigenvalue weighted by atomic mass is 19.4. The van der Waals surface area contributed by atoms with Gasteiger partial charge in [0.25, 0.3) is 0 Å². The number of rotatable bonds is 3. The first-order valence-electron chi connectivity index (χ1n) is 5.36. The van der Waals surface area contributed by atoms with Crippen LogP contribution in [0.25, 0.3) is 0 Å². The second kappa shape index (κ2) is 5.03. The van der Waals surface area contributed by atoms with E-state index in [-0.39, 0.29) is 6.04 Å². The Morgan fingerprint density at radius 3 is 2.56 bits per heavy atom. The predicted molar refractivity (Wildman–Crippen MR) is 52.1 cm³/mol. The van der Waals surface area contributed by atoms with E-state index < -0.39 is 24.6 Å². The van der Waals surface area contributed by atoms with Crippen molar-refractivity contribution in [2.45, 2.75) is 50.9 Å². The predicted octanol–water partition coefficient (Wildman–Crippen LogP) is 2.27. The standard InChI is InChI=1S/C10H16F3NO2/c1-7-4-2-3-5-14(7)8(6-9(15)16)10(11,12)13/h7-8H,2-6H2,1H3,(H,15,16). The first kappa shape index (κ1) is 13.3. The van der Waals surface area contributed by atoms with Crippen molar-refractivity contribution < 1.29 is 23.1 Å². The molecule has 1 rings (SSSR count). The van der Waals surface area contributed by atoms with Gasteiger partial charge in [-0.05, 0) is 26.3 Å². The van der Waals surface area contributed by atoms with E-state index >= 15 is 0 Å². The van der Waals surface area contributed by atoms with E-state index in [1.807, 2.05) is 0 Å². The minimum absolute atomic E-state index is 0.195. The molecule has 3 nitrogen and oxygen atoms in total. The molecule has 6 heteroatoms. The molecule has 16 heavy (non-hydrogen) atoms. The number of piperidine rings is 1. The summed E-state index contributed by atoms with van der Waals surface area (Å²) in [5.74, 6) is -1.40. The van der Waals surface area contributed by atoms with Crippen LogP contribution in [0.1, 0.15) is 32.6 Å². The molecule has 1 aliphatic rings. The van der Waals surface area contributed by atoms with Crippen molar-refractivity contribution in [1.82, 2.24) is 4.90 Å². The van der Waals surface area contributed by atoms with Gasteiger partial charge in [0.05, 0.1) is 6.42 Å². The molecule has 0 aliphatic carbocycles. The maximum absolute atomic E-state index is 12.7. The quantitative estimate of drug-likeness (QED) is 0.821. The summed E-state index contributed by atoms with van der Waals surface area (Å²) in [4.78, 5) is 11.8. The molecule has 0 aromatic rings. The van der Waals surface area contributed by atoms with E-state index in [1.54, 1.807) is 6.92 Å². The summed E-state index contributed by atoms with van der Waals surface area (Å²) >= 11 is 0. The van der Waals surface area contributed by atoms with Crippen LogP contribution in [0.5, 0.6) is 0 Å². The van der Waals surface area contributed by atoms with Gasteiger partial charge in [-0.25, -0.2) is 0 Å². The number of hydrogen-bond acceptors (Lipinski definition) is 2. The fourth-order valence-corrected chi connectivity index (χ4v) is 2.17. The van der Waals surface area contributed by atoms with Gasteiger partial charge in [0.1, 0.15) is 6.04 Å². The molecule has 0 aromatic heterocycles. The minimum Gasteiger partial charge on any atom is -0.481 e. The highest BCUT2D eigenvalue weighted by Gasteiger charge is 2.46. The maximum Gasteiger partial charge on any atom is 0.404 e. The highest BCUT2D eigenvalue weighted by molar-refractivity contribution is 5.67. The zero-order valence-corrected chi connectivity index (χ0v) is 9.13. The molecule has 2 atom stereocenters. The van der Waals surface area contributed by atoms with Crippen molar-refractivity contribution >= 4 is 5.97 Å². The first-order chi connectivity index (χ1) is 7.32. The molecular formula is C10H16F3NO2. The Morgan fingerprint density at radius 2 is 2.12 bits per heavy atom. The maximum atomic E-state index is 12.7. The monoisotopic (exact) mass is 239 g/mol. The normalized spacial score (nSPS) is 25.4. The second-order valence-corrected chi connectivity index (χ2v) is 4.24. The van der Waals surface area contributed by atoms with Crippen LogP contribution < -0.4 is 0 Å². The van der Waals surface area contributed by atoms with Crippen LogP contribution in [0, 0.1) is 0 Å². The molecule has 0 aromatic carbocycles. The molecule has 2 unspecified atom stereocenters. The molecule has 0 saturated carbocycles. The highest BCUT2D eigenvalue weighted by Crippen LogP contribution is 2.31. The van der Waals surface area contributed by atoms with Gasteiger partial charge in [-0.1, -0.05) is 6.42 Å². The summed E-state index contributed by atoms with van der Waals surface area (Å²) in [6.45, 7) is 2.05. The lowest BCUT2D eigenvalue weighted by atomic mass is 9.99. The Bertz CT molecular complexity index is 255. The Labute approximate surface area is 92.2 Å². The molecule has 1 aliphatic heterocycles. The van der Waals surface area contributed by atoms with Gasteiger partial charge in [-0.2, -0.15) is 13.2 Å². The Morgan fingerprint density at radius 1 is 1.50 bits per heavy atom. The van der Waals surface area contributed by atoms with Crippen molar-refractivity contribution in [3.8, 4) is 0 Å². The summed E-state index contributed by atoms with van der Waals surface area (Å²) in [7, 11) is 0. The molecule has 0 bridgehead atoms. The van der Waals surface area contributed by atoms with Gasteiger partial charge in [0.2, 0.25) is 0 Å². The average Bonchev–Trinajstić information content (AvgIpc) is 2.13. The number of alkyl halides is 3. The van der Waals surface area contributed by atoms with Gasteiger partial charge >= 0.3 is 12.1 Å². The fraction of sp³-hybridized carbons (Fsp3) is 0.900. The number of carboxylic acid groups (broad SMARTS) is 1. The number of carbonyl (C=O) groups is 1. The lowest BCUT2D eigenvalue weighted by molar-refractivity contribution is -0.197. The van der Waals surface area contributed by atoms with E-state index in [1.165, 1.54) is 4.90 Å². The van der Waals surface area contributed by atoms with Crippen LogP contribution in [0.4, 0.5) is 13.2 Å². The lowest BCUT2D eigenvalue weighted by Gasteiger charge is -2.39. The number of aliphatic carboxylic acids is 1. The van der Waals surface area contributed by atoms with Crippen molar-refractivity contribution in [1.29, 1.82) is 0 Å². The number of nitrogens with zero attached hydrogens (tertiary/aromatic N) is 1. The number of halogens is 3. The summed E-state index contributed by atoms with van der Waals surface area (Å²) in [6, 6.07) is -2.04. The van der Waals surface area contributed by atoms with E-state index in [4.69, 9.17) is 5.11 Å². The summed E-state index contributed by atoms with van der Waals surface area (Å²) in [5.41, 5.74) is 0. The molecule has 1 heterocycles. The van der Waals surface area contributed by atoms with Crippen molar-refractivity contribution in [2.75, 3.05) is 6.54 Å². The van der Waals surface area contributed by atoms with Crippen LogP contribution in [-0.4, -0.2) is 40.8 Å². The average molecular weight is 239 g/mol. The van der Waals surface area contributed by atoms with Gasteiger partial charge in [0, 0.05) is 6.04 Å². The zero-order chi connectivity index (χ0) is 12.3. The Kier molecular flexibility index (Phi) is 4.18. The molecule has 94 valence electrons. The third-order valence-corrected chi connectivity index (χ3v) is 3.00. The Hall–Kier alpha value is -0.780. The number of carboxylic acids is 1. The molecule has 1 saturated heterocycles. The van der Waals surface area contributed by atoms with Crippen LogP contribution >= 0.6 is 0 Å². The molecule has 0 amide bonds. The van der Waals surface area contributed by atoms with Crippen LogP contribution in [-0.2, 0) is 4.79 Å². The molecule has 0 spiro atoms. The first-order valence-corrected chi connectivity index (χ1v) is 5.36. The van der Waals surface area contributed by atoms with Crippen molar-refractivity contribution in [3.05, 3.63) is 0 Å². The fourth-order valence-electron chi connectivity index (χ4n) is 2.17. The molecular weight excluding hydrogens is 223 g/mol. The number of likely N-dealkylation sites (tertiary alicyclic amines) is 1. The topological polar surface area (TPSA) is 40.5 Å². The number of hydrogen-bond donors (Lipinski definition) is 1. The third kappa shape index (κ3) is 3.37. The SMILES string of the molecule is CC1CCCCN1C(CC(=O)O)C(F)(F)F. The smallest absolute Gasteiger partial charge is 0.404 e. The van der Waals surface area contributed by atoms with E-state index in [2.05, 4.69) is 0 Å².